The molecule has 0 fully saturated rings. The van der Waals surface area contributed by atoms with E-state index in [0.29, 0.717) is 5.75 Å². The maximum absolute atomic E-state index is 11.8. The minimum atomic E-state index is -0.263. The number of rotatable bonds is 6. The zero-order valence-electron chi connectivity index (χ0n) is 13.1. The molecule has 116 valence electrons. The largest absolute Gasteiger partial charge is 0.484 e. The van der Waals surface area contributed by atoms with Gasteiger partial charge in [0.15, 0.2) is 6.61 Å². The summed E-state index contributed by atoms with van der Waals surface area (Å²) in [6.45, 7) is 6.02. The molecule has 0 saturated carbocycles. The maximum atomic E-state index is 11.8. The first kappa shape index (κ1) is 16.2. The number of hydrazone groups is 1. The first-order valence-corrected chi connectivity index (χ1v) is 8.07. The van der Waals surface area contributed by atoms with Crippen LogP contribution in [0.2, 0.25) is 0 Å². The number of hydrogen-bond donors (Lipinski definition) is 1. The zero-order chi connectivity index (χ0) is 15.9. The third-order valence-corrected chi connectivity index (χ3v) is 4.22. The lowest BCUT2D eigenvalue weighted by Gasteiger charge is -2.08. The van der Waals surface area contributed by atoms with Crippen molar-refractivity contribution in [3.05, 3.63) is 51.7 Å². The summed E-state index contributed by atoms with van der Waals surface area (Å²) in [6, 6.07) is 9.73. The lowest BCUT2D eigenvalue weighted by atomic mass is 10.1. The lowest BCUT2D eigenvalue weighted by molar-refractivity contribution is -0.123. The van der Waals surface area contributed by atoms with E-state index in [1.54, 1.807) is 11.3 Å². The first-order valence-electron chi connectivity index (χ1n) is 7.19. The fourth-order valence-corrected chi connectivity index (χ4v) is 2.65. The van der Waals surface area contributed by atoms with E-state index in [0.717, 1.165) is 22.6 Å². The molecular weight excluding hydrogens is 296 g/mol. The zero-order valence-corrected chi connectivity index (χ0v) is 13.9. The highest BCUT2D eigenvalue weighted by atomic mass is 32.1. The van der Waals surface area contributed by atoms with Gasteiger partial charge in [0, 0.05) is 0 Å². The van der Waals surface area contributed by atoms with Gasteiger partial charge in [-0.15, -0.1) is 11.3 Å². The van der Waals surface area contributed by atoms with Crippen molar-refractivity contribution >= 4 is 23.0 Å². The number of thiophene rings is 1. The topological polar surface area (TPSA) is 50.7 Å². The molecule has 1 N–H and O–H groups in total. The van der Waals surface area contributed by atoms with Crippen LogP contribution in [-0.4, -0.2) is 18.2 Å². The average molecular weight is 316 g/mol. The van der Waals surface area contributed by atoms with Crippen LogP contribution in [0.25, 0.3) is 0 Å². The number of ether oxygens (including phenoxy) is 1. The van der Waals surface area contributed by atoms with Crippen LogP contribution in [0.5, 0.6) is 5.75 Å². The second-order valence-corrected chi connectivity index (χ2v) is 5.91. The van der Waals surface area contributed by atoms with Crippen LogP contribution in [0.1, 0.15) is 29.3 Å². The van der Waals surface area contributed by atoms with Gasteiger partial charge >= 0.3 is 0 Å². The Hall–Kier alpha value is -2.14. The Morgan fingerprint density at radius 1 is 1.27 bits per heavy atom. The molecule has 2 rings (SSSR count). The van der Waals surface area contributed by atoms with Crippen molar-refractivity contribution in [3.8, 4) is 5.75 Å². The van der Waals surface area contributed by atoms with Crippen LogP contribution in [0.3, 0.4) is 0 Å². The predicted octanol–water partition coefficient (Wildman–Crippen LogP) is 3.67. The fourth-order valence-electron chi connectivity index (χ4n) is 1.87. The molecule has 1 aromatic carbocycles. The van der Waals surface area contributed by atoms with Crippen molar-refractivity contribution in [2.75, 3.05) is 6.61 Å². The van der Waals surface area contributed by atoms with Crippen LogP contribution in [0, 0.1) is 13.8 Å². The third-order valence-electron chi connectivity index (χ3n) is 3.30. The first-order chi connectivity index (χ1) is 10.6. The highest BCUT2D eigenvalue weighted by molar-refractivity contribution is 7.12. The Bertz CT molecular complexity index is 663. The lowest BCUT2D eigenvalue weighted by Crippen LogP contribution is -2.25. The second kappa shape index (κ2) is 7.75. The van der Waals surface area contributed by atoms with E-state index >= 15 is 0 Å². The average Bonchev–Trinajstić information content (AvgIpc) is 3.03. The van der Waals surface area contributed by atoms with Gasteiger partial charge in [-0.25, -0.2) is 5.43 Å². The molecule has 0 aliphatic carbocycles. The van der Waals surface area contributed by atoms with Crippen molar-refractivity contribution in [2.24, 2.45) is 5.10 Å². The minimum Gasteiger partial charge on any atom is -0.484 e. The number of carbonyl (C=O) groups excluding carboxylic acids is 1. The summed E-state index contributed by atoms with van der Waals surface area (Å²) in [7, 11) is 0. The Balaban J connectivity index is 1.88. The molecule has 0 aliphatic heterocycles. The van der Waals surface area contributed by atoms with Gasteiger partial charge in [-0.2, -0.15) is 5.10 Å². The molecule has 1 heterocycles. The van der Waals surface area contributed by atoms with E-state index in [2.05, 4.69) is 10.5 Å². The van der Waals surface area contributed by atoms with Gasteiger partial charge < -0.3 is 4.74 Å². The van der Waals surface area contributed by atoms with E-state index in [4.69, 9.17) is 4.74 Å². The molecule has 0 bridgehead atoms. The standard InChI is InChI=1S/C17H20N2O2S/c1-4-15(16-6-5-9-22-16)18-19-17(20)11-21-14-8-7-12(2)13(3)10-14/h5-10H,4,11H2,1-3H3,(H,19,20)/b18-15-. The summed E-state index contributed by atoms with van der Waals surface area (Å²) in [5.74, 6) is 0.428. The van der Waals surface area contributed by atoms with Crippen LogP contribution >= 0.6 is 11.3 Å². The highest BCUT2D eigenvalue weighted by Gasteiger charge is 2.06. The van der Waals surface area contributed by atoms with Gasteiger partial charge in [0.25, 0.3) is 5.91 Å². The summed E-state index contributed by atoms with van der Waals surface area (Å²) in [5, 5.41) is 6.17. The number of carbonyl (C=O) groups is 1. The van der Waals surface area contributed by atoms with Crippen LogP contribution in [-0.2, 0) is 4.79 Å². The van der Waals surface area contributed by atoms with Gasteiger partial charge in [-0.1, -0.05) is 19.1 Å². The summed E-state index contributed by atoms with van der Waals surface area (Å²) in [6.07, 6.45) is 0.763. The Morgan fingerprint density at radius 2 is 2.09 bits per heavy atom. The summed E-state index contributed by atoms with van der Waals surface area (Å²) < 4.78 is 5.48. The number of nitrogens with one attached hydrogen (secondary N) is 1. The van der Waals surface area contributed by atoms with Crippen molar-refractivity contribution < 1.29 is 9.53 Å². The monoisotopic (exact) mass is 316 g/mol. The normalized spacial score (nSPS) is 11.3. The second-order valence-electron chi connectivity index (χ2n) is 4.96. The molecule has 1 amide bonds. The number of nitrogens with zero attached hydrogens (tertiary/aromatic N) is 1. The molecule has 0 spiro atoms. The quantitative estimate of drug-likeness (QED) is 0.653. The smallest absolute Gasteiger partial charge is 0.277 e. The molecule has 22 heavy (non-hydrogen) atoms. The molecule has 0 aliphatic rings. The van der Waals surface area contributed by atoms with Crippen LogP contribution in [0.4, 0.5) is 0 Å². The number of aryl methyl sites for hydroxylation is 2. The molecule has 0 unspecified atom stereocenters. The van der Waals surface area contributed by atoms with E-state index in [9.17, 15) is 4.79 Å². The third kappa shape index (κ3) is 4.43. The molecule has 4 nitrogen and oxygen atoms in total. The van der Waals surface area contributed by atoms with Crippen molar-refractivity contribution in [3.63, 3.8) is 0 Å². The van der Waals surface area contributed by atoms with Gasteiger partial charge in [-0.3, -0.25) is 4.79 Å². The van der Waals surface area contributed by atoms with E-state index in [-0.39, 0.29) is 12.5 Å². The van der Waals surface area contributed by atoms with Crippen LogP contribution in [0.15, 0.2) is 40.8 Å². The molecule has 0 saturated heterocycles. The van der Waals surface area contributed by atoms with Crippen LogP contribution < -0.4 is 10.2 Å². The molecule has 1 aromatic heterocycles. The van der Waals surface area contributed by atoms with Gasteiger partial charge in [0.05, 0.1) is 10.6 Å². The van der Waals surface area contributed by atoms with E-state index in [1.165, 1.54) is 5.56 Å². The predicted molar refractivity (Wildman–Crippen MR) is 90.7 cm³/mol. The Morgan fingerprint density at radius 3 is 2.73 bits per heavy atom. The number of amides is 1. The molecule has 0 atom stereocenters. The molecular formula is C17H20N2O2S. The Labute approximate surface area is 134 Å². The summed E-state index contributed by atoms with van der Waals surface area (Å²) in [4.78, 5) is 12.9. The van der Waals surface area contributed by atoms with Gasteiger partial charge in [-0.05, 0) is 55.0 Å². The number of benzene rings is 1. The molecule has 2 aromatic rings. The highest BCUT2D eigenvalue weighted by Crippen LogP contribution is 2.16. The van der Waals surface area contributed by atoms with Gasteiger partial charge in [0.1, 0.15) is 5.75 Å². The fraction of sp³-hybridized carbons (Fsp3) is 0.294. The molecule has 0 radical (unpaired) electrons. The van der Waals surface area contributed by atoms with Crippen molar-refractivity contribution in [2.45, 2.75) is 27.2 Å². The minimum absolute atomic E-state index is 0.0482. The molecule has 5 heteroatoms. The van der Waals surface area contributed by atoms with E-state index < -0.39 is 0 Å². The summed E-state index contributed by atoms with van der Waals surface area (Å²) in [5.41, 5.74) is 5.76. The summed E-state index contributed by atoms with van der Waals surface area (Å²) >= 11 is 1.61. The Kier molecular flexibility index (Phi) is 5.72. The van der Waals surface area contributed by atoms with Crippen molar-refractivity contribution in [1.29, 1.82) is 0 Å². The van der Waals surface area contributed by atoms with E-state index in [1.807, 2.05) is 56.5 Å². The number of hydrogen-bond acceptors (Lipinski definition) is 4. The SMILES string of the molecule is CC/C(=N/NC(=O)COc1ccc(C)c(C)c1)c1cccs1. The van der Waals surface area contributed by atoms with Crippen molar-refractivity contribution in [1.82, 2.24) is 5.43 Å². The van der Waals surface area contributed by atoms with Gasteiger partial charge in [0.2, 0.25) is 0 Å². The maximum Gasteiger partial charge on any atom is 0.277 e.